The number of methoxy groups -OCH3 is 1. The number of primary sulfonamides is 1. The van der Waals surface area contributed by atoms with Gasteiger partial charge >= 0.3 is 0 Å². The second kappa shape index (κ2) is 4.14. The van der Waals surface area contributed by atoms with Gasteiger partial charge in [-0.15, -0.1) is 0 Å². The predicted molar refractivity (Wildman–Crippen MR) is 64.7 cm³/mol. The Balaban J connectivity index is 2.83. The van der Waals surface area contributed by atoms with E-state index in [2.05, 4.69) is 4.98 Å². The van der Waals surface area contributed by atoms with E-state index in [4.69, 9.17) is 21.5 Å². The van der Waals surface area contributed by atoms with Gasteiger partial charge in [-0.2, -0.15) is 0 Å². The fraction of sp³-hybridized carbons (Fsp3) is 0.100. The number of nitrogens with two attached hydrogens (primary N) is 1. The molecular weight excluding hydrogens is 264 g/mol. The summed E-state index contributed by atoms with van der Waals surface area (Å²) in [4.78, 5) is 3.91. The number of pyridine rings is 1. The fourth-order valence-electron chi connectivity index (χ4n) is 1.49. The molecule has 1 heterocycles. The Kier molecular flexibility index (Phi) is 2.94. The van der Waals surface area contributed by atoms with E-state index in [1.807, 2.05) is 0 Å². The molecule has 0 aliphatic heterocycles. The number of rotatable bonds is 2. The van der Waals surface area contributed by atoms with Crippen molar-refractivity contribution in [3.63, 3.8) is 0 Å². The number of fused-ring (bicyclic) bond motifs is 1. The number of sulfonamides is 1. The van der Waals surface area contributed by atoms with Crippen molar-refractivity contribution >= 4 is 32.5 Å². The normalized spacial score (nSPS) is 11.7. The SMILES string of the molecule is COc1cc2ccc(Cl)nc2cc1S(N)(=O)=O. The zero-order chi connectivity index (χ0) is 12.6. The smallest absolute Gasteiger partial charge is 0.241 e. The van der Waals surface area contributed by atoms with E-state index >= 15 is 0 Å². The number of benzene rings is 1. The molecule has 90 valence electrons. The maximum atomic E-state index is 11.4. The highest BCUT2D eigenvalue weighted by Crippen LogP contribution is 2.28. The lowest BCUT2D eigenvalue weighted by molar-refractivity contribution is 0.403. The summed E-state index contributed by atoms with van der Waals surface area (Å²) < 4.78 is 27.7. The topological polar surface area (TPSA) is 82.3 Å². The molecule has 0 saturated carbocycles. The van der Waals surface area contributed by atoms with Gasteiger partial charge in [-0.25, -0.2) is 18.5 Å². The van der Waals surface area contributed by atoms with Gasteiger partial charge in [0.15, 0.2) is 0 Å². The van der Waals surface area contributed by atoms with Crippen molar-refractivity contribution in [3.05, 3.63) is 29.4 Å². The van der Waals surface area contributed by atoms with Crippen molar-refractivity contribution in [1.82, 2.24) is 4.98 Å². The number of hydrogen-bond acceptors (Lipinski definition) is 4. The predicted octanol–water partition coefficient (Wildman–Crippen LogP) is 1.54. The van der Waals surface area contributed by atoms with Gasteiger partial charge in [0, 0.05) is 5.39 Å². The van der Waals surface area contributed by atoms with E-state index in [0.717, 1.165) is 5.39 Å². The monoisotopic (exact) mass is 272 g/mol. The van der Waals surface area contributed by atoms with Gasteiger partial charge in [0.25, 0.3) is 0 Å². The maximum absolute atomic E-state index is 11.4. The van der Waals surface area contributed by atoms with Crippen LogP contribution in [0.4, 0.5) is 0 Å². The Hall–Kier alpha value is -1.37. The maximum Gasteiger partial charge on any atom is 0.241 e. The molecule has 0 saturated heterocycles. The Morgan fingerprint density at radius 3 is 2.65 bits per heavy atom. The Morgan fingerprint density at radius 2 is 2.06 bits per heavy atom. The first kappa shape index (κ1) is 12.1. The first-order valence-electron chi connectivity index (χ1n) is 4.59. The van der Waals surface area contributed by atoms with Crippen LogP contribution in [0, 0.1) is 0 Å². The molecular formula is C10H9ClN2O3S. The minimum atomic E-state index is -3.86. The average Bonchev–Trinajstić information content (AvgIpc) is 2.26. The lowest BCUT2D eigenvalue weighted by Gasteiger charge is -2.08. The van der Waals surface area contributed by atoms with Gasteiger partial charge in [0.05, 0.1) is 12.6 Å². The summed E-state index contributed by atoms with van der Waals surface area (Å²) in [6.45, 7) is 0. The van der Waals surface area contributed by atoms with Crippen molar-refractivity contribution in [1.29, 1.82) is 0 Å². The molecule has 0 atom stereocenters. The van der Waals surface area contributed by atoms with Crippen LogP contribution in [0.5, 0.6) is 5.75 Å². The average molecular weight is 273 g/mol. The van der Waals surface area contributed by atoms with Gasteiger partial charge in [0.1, 0.15) is 15.8 Å². The second-order valence-electron chi connectivity index (χ2n) is 3.37. The Morgan fingerprint density at radius 1 is 1.35 bits per heavy atom. The van der Waals surface area contributed by atoms with Crippen molar-refractivity contribution in [2.24, 2.45) is 5.14 Å². The highest BCUT2D eigenvalue weighted by molar-refractivity contribution is 7.89. The number of halogens is 1. The number of hydrogen-bond donors (Lipinski definition) is 1. The number of nitrogens with zero attached hydrogens (tertiary/aromatic N) is 1. The van der Waals surface area contributed by atoms with Crippen LogP contribution in [-0.4, -0.2) is 20.5 Å². The standard InChI is InChI=1S/C10H9ClN2O3S/c1-16-8-4-6-2-3-10(11)13-7(6)5-9(8)17(12,14)15/h2-5H,1H3,(H2,12,14,15). The zero-order valence-electron chi connectivity index (χ0n) is 8.84. The van der Waals surface area contributed by atoms with Gasteiger partial charge < -0.3 is 4.74 Å². The summed E-state index contributed by atoms with van der Waals surface area (Å²) >= 11 is 5.74. The van der Waals surface area contributed by atoms with Gasteiger partial charge in [-0.05, 0) is 24.3 Å². The van der Waals surface area contributed by atoms with Gasteiger partial charge in [-0.3, -0.25) is 0 Å². The number of ether oxygens (including phenoxy) is 1. The third-order valence-corrected chi connectivity index (χ3v) is 3.39. The van der Waals surface area contributed by atoms with E-state index in [1.165, 1.54) is 13.2 Å². The summed E-state index contributed by atoms with van der Waals surface area (Å²) in [7, 11) is -2.48. The van der Waals surface area contributed by atoms with Crippen LogP contribution in [0.25, 0.3) is 10.9 Å². The Labute approximate surface area is 103 Å². The molecule has 2 aromatic rings. The van der Waals surface area contributed by atoms with Gasteiger partial charge in [-0.1, -0.05) is 11.6 Å². The van der Waals surface area contributed by atoms with E-state index < -0.39 is 10.0 Å². The number of aromatic nitrogens is 1. The van der Waals surface area contributed by atoms with E-state index in [-0.39, 0.29) is 15.8 Å². The molecule has 0 spiro atoms. The van der Waals surface area contributed by atoms with E-state index in [0.29, 0.717) is 5.52 Å². The third-order valence-electron chi connectivity index (χ3n) is 2.25. The van der Waals surface area contributed by atoms with Crippen molar-refractivity contribution in [2.45, 2.75) is 4.90 Å². The van der Waals surface area contributed by atoms with Crippen LogP contribution >= 0.6 is 11.6 Å². The molecule has 0 aliphatic rings. The molecule has 7 heteroatoms. The molecule has 0 bridgehead atoms. The summed E-state index contributed by atoms with van der Waals surface area (Å²) in [6.07, 6.45) is 0. The molecule has 1 aromatic heterocycles. The highest BCUT2D eigenvalue weighted by atomic mass is 35.5. The minimum Gasteiger partial charge on any atom is -0.495 e. The summed E-state index contributed by atoms with van der Waals surface area (Å²) in [5, 5.41) is 6.10. The quantitative estimate of drug-likeness (QED) is 0.841. The molecule has 0 unspecified atom stereocenters. The first-order chi connectivity index (χ1) is 7.91. The van der Waals surface area contributed by atoms with Crippen LogP contribution in [0.1, 0.15) is 0 Å². The van der Waals surface area contributed by atoms with Crippen LogP contribution < -0.4 is 9.88 Å². The van der Waals surface area contributed by atoms with E-state index in [1.54, 1.807) is 18.2 Å². The second-order valence-corrected chi connectivity index (χ2v) is 5.29. The lowest BCUT2D eigenvalue weighted by Crippen LogP contribution is -2.13. The first-order valence-corrected chi connectivity index (χ1v) is 6.51. The summed E-state index contributed by atoms with van der Waals surface area (Å²) in [5.41, 5.74) is 0.447. The van der Waals surface area contributed by atoms with Crippen molar-refractivity contribution in [2.75, 3.05) is 7.11 Å². The van der Waals surface area contributed by atoms with Crippen LogP contribution in [0.2, 0.25) is 5.15 Å². The lowest BCUT2D eigenvalue weighted by atomic mass is 10.2. The molecule has 2 rings (SSSR count). The molecule has 2 N–H and O–H groups in total. The summed E-state index contributed by atoms with van der Waals surface area (Å²) in [5.74, 6) is 0.184. The van der Waals surface area contributed by atoms with Gasteiger partial charge in [0.2, 0.25) is 10.0 Å². The molecule has 0 amide bonds. The minimum absolute atomic E-state index is 0.109. The third kappa shape index (κ3) is 2.33. The fourth-order valence-corrected chi connectivity index (χ4v) is 2.34. The molecule has 1 aromatic carbocycles. The van der Waals surface area contributed by atoms with Crippen molar-refractivity contribution in [3.8, 4) is 5.75 Å². The van der Waals surface area contributed by atoms with Crippen LogP contribution in [0.15, 0.2) is 29.2 Å². The summed E-state index contributed by atoms with van der Waals surface area (Å²) in [6, 6.07) is 6.23. The van der Waals surface area contributed by atoms with Crippen molar-refractivity contribution < 1.29 is 13.2 Å². The van der Waals surface area contributed by atoms with Crippen LogP contribution in [-0.2, 0) is 10.0 Å². The van der Waals surface area contributed by atoms with E-state index in [9.17, 15) is 8.42 Å². The zero-order valence-corrected chi connectivity index (χ0v) is 10.4. The largest absolute Gasteiger partial charge is 0.495 e. The molecule has 17 heavy (non-hydrogen) atoms. The molecule has 5 nitrogen and oxygen atoms in total. The molecule has 0 fully saturated rings. The van der Waals surface area contributed by atoms with Crippen LogP contribution in [0.3, 0.4) is 0 Å². The molecule has 0 aliphatic carbocycles. The Bertz CT molecular complexity index is 685. The molecule has 0 radical (unpaired) electrons. The highest BCUT2D eigenvalue weighted by Gasteiger charge is 2.16.